The standard InChI is InChI=1S/2C44H25NO/c1-2-13-31-26(9-1)21-23-36-41-30(16-8-20-39(41)46-44(31)36)28-11-5-12-29(25-28)45-37-19-7-18-35-33-15-4-3-14-32(33)34-17-6-10-27-22-24-38(45)43(40(27)34)42(35)37;1-2-10-28-25-40-36(24-27(28)9-1)42-31(16-8-20-39(42)46-40)29-12-5-13-30(23-29)45-37-19-7-18-35-33-15-4-3-14-32(33)34-17-6-11-26-21-22-38(45)44(41(26)34)43(35)37/h2*1-25H. The maximum absolute atomic E-state index is 6.54. The summed E-state index contributed by atoms with van der Waals surface area (Å²) in [5.41, 5.74) is 25.9. The van der Waals surface area contributed by atoms with Gasteiger partial charge in [0.25, 0.3) is 0 Å². The van der Waals surface area contributed by atoms with Crippen molar-refractivity contribution in [3.05, 3.63) is 303 Å². The largest absolute Gasteiger partial charge is 0.456 e. The molecule has 4 nitrogen and oxygen atoms in total. The molecular formula is C88H50N2O2. The van der Waals surface area contributed by atoms with Crippen LogP contribution >= 0.6 is 0 Å². The molecule has 0 fully saturated rings. The van der Waals surface area contributed by atoms with E-state index in [1.54, 1.807) is 0 Å². The summed E-state index contributed by atoms with van der Waals surface area (Å²) < 4.78 is 17.9. The molecule has 0 atom stereocenters. The van der Waals surface area contributed by atoms with E-state index in [0.717, 1.165) is 60.6 Å². The third-order valence-corrected chi connectivity index (χ3v) is 20.2. The average Bonchev–Trinajstić information content (AvgIpc) is 1.65. The number of nitrogens with zero attached hydrogens (tertiary/aromatic N) is 2. The Balaban J connectivity index is 0.000000124. The highest BCUT2D eigenvalue weighted by molar-refractivity contribution is 6.32. The Kier molecular flexibility index (Phi) is 10.1. The lowest BCUT2D eigenvalue weighted by atomic mass is 9.93. The van der Waals surface area contributed by atoms with Gasteiger partial charge in [-0.1, -0.05) is 224 Å². The van der Waals surface area contributed by atoms with Crippen molar-refractivity contribution >= 4 is 131 Å². The molecule has 4 heteroatoms. The third-order valence-electron chi connectivity index (χ3n) is 20.2. The van der Waals surface area contributed by atoms with Gasteiger partial charge in [-0.3, -0.25) is 0 Å². The smallest absolute Gasteiger partial charge is 0.143 e. The fourth-order valence-corrected chi connectivity index (χ4v) is 16.4. The molecular weight excluding hydrogens is 1120 g/mol. The molecule has 20 aromatic rings. The number of hydrogen-bond acceptors (Lipinski definition) is 2. The minimum Gasteiger partial charge on any atom is -0.456 e. The van der Waals surface area contributed by atoms with Gasteiger partial charge >= 0.3 is 0 Å². The summed E-state index contributed by atoms with van der Waals surface area (Å²) in [5, 5.41) is 19.9. The second-order valence-electron chi connectivity index (χ2n) is 24.9. The zero-order valence-electron chi connectivity index (χ0n) is 49.6. The first-order chi connectivity index (χ1) is 45.6. The van der Waals surface area contributed by atoms with Gasteiger partial charge in [0.05, 0.1) is 22.1 Å². The van der Waals surface area contributed by atoms with E-state index in [9.17, 15) is 0 Å². The summed E-state index contributed by atoms with van der Waals surface area (Å²) in [6, 6.07) is 111. The number of furan rings is 2. The molecule has 2 aliphatic carbocycles. The molecule has 0 aliphatic heterocycles. The second-order valence-corrected chi connectivity index (χ2v) is 24.9. The van der Waals surface area contributed by atoms with E-state index < -0.39 is 0 Å². The quantitative estimate of drug-likeness (QED) is 0.176. The summed E-state index contributed by atoms with van der Waals surface area (Å²) in [6.45, 7) is 0. The SMILES string of the molecule is c1cc(-c2cccc3oc4c5ccccc5ccc4c23)cc(-n2c3cccc4c3c3c5c(cccc5ccc32)-c2ccccc2-4)c1.c1cc(-c2cccc3oc4cc5ccccc5cc4c23)cc(-n2c3cccc4c3c3c5c(cccc5ccc32)-c2ccccc2-4)c1. The molecule has 0 unspecified atom stereocenters. The lowest BCUT2D eigenvalue weighted by molar-refractivity contribution is 0.669. The Morgan fingerprint density at radius 2 is 0.598 bits per heavy atom. The molecule has 0 radical (unpaired) electrons. The predicted molar refractivity (Wildman–Crippen MR) is 386 cm³/mol. The first-order valence-corrected chi connectivity index (χ1v) is 31.7. The second kappa shape index (κ2) is 18.7. The maximum Gasteiger partial charge on any atom is 0.143 e. The lowest BCUT2D eigenvalue weighted by Crippen LogP contribution is -1.95. The van der Waals surface area contributed by atoms with Crippen molar-refractivity contribution in [3.8, 4) is 78.1 Å². The van der Waals surface area contributed by atoms with Crippen LogP contribution in [0.3, 0.4) is 0 Å². The van der Waals surface area contributed by atoms with Crippen LogP contribution in [0.15, 0.2) is 312 Å². The van der Waals surface area contributed by atoms with Crippen molar-refractivity contribution in [1.82, 2.24) is 9.13 Å². The monoisotopic (exact) mass is 1170 g/mol. The molecule has 2 aliphatic rings. The van der Waals surface area contributed by atoms with Gasteiger partial charge in [0.2, 0.25) is 0 Å². The molecule has 0 spiro atoms. The molecule has 0 amide bonds. The highest BCUT2D eigenvalue weighted by atomic mass is 16.3. The molecule has 0 N–H and O–H groups in total. The molecule has 0 saturated heterocycles. The average molecular weight is 1170 g/mol. The van der Waals surface area contributed by atoms with Crippen molar-refractivity contribution in [2.75, 3.05) is 0 Å². The lowest BCUT2D eigenvalue weighted by Gasteiger charge is -2.14. The van der Waals surface area contributed by atoms with Crippen LogP contribution in [0.2, 0.25) is 0 Å². The normalized spacial score (nSPS) is 12.3. The molecule has 0 saturated carbocycles. The van der Waals surface area contributed by atoms with E-state index in [4.69, 9.17) is 8.83 Å². The van der Waals surface area contributed by atoms with E-state index in [1.807, 2.05) is 0 Å². The van der Waals surface area contributed by atoms with Crippen LogP contribution < -0.4 is 0 Å². The van der Waals surface area contributed by atoms with Crippen molar-refractivity contribution < 1.29 is 8.83 Å². The van der Waals surface area contributed by atoms with Crippen molar-refractivity contribution in [3.63, 3.8) is 0 Å². The summed E-state index contributed by atoms with van der Waals surface area (Å²) in [7, 11) is 0. The zero-order valence-corrected chi connectivity index (χ0v) is 49.6. The van der Waals surface area contributed by atoms with Crippen LogP contribution in [0.4, 0.5) is 0 Å². The van der Waals surface area contributed by atoms with Crippen LogP contribution in [0.5, 0.6) is 0 Å². The topological polar surface area (TPSA) is 36.1 Å². The van der Waals surface area contributed by atoms with Crippen LogP contribution in [0, 0.1) is 0 Å². The molecule has 92 heavy (non-hydrogen) atoms. The Morgan fingerprint density at radius 3 is 1.16 bits per heavy atom. The summed E-state index contributed by atoms with van der Waals surface area (Å²) in [4.78, 5) is 0. The number of rotatable bonds is 4. The minimum atomic E-state index is 0.912. The van der Waals surface area contributed by atoms with Crippen LogP contribution in [-0.4, -0.2) is 9.13 Å². The van der Waals surface area contributed by atoms with Gasteiger partial charge in [0.1, 0.15) is 22.3 Å². The van der Waals surface area contributed by atoms with Crippen molar-refractivity contribution in [2.24, 2.45) is 0 Å². The highest BCUT2D eigenvalue weighted by Gasteiger charge is 2.28. The van der Waals surface area contributed by atoms with Crippen LogP contribution in [-0.2, 0) is 0 Å². The number of fused-ring (bicyclic) bond motifs is 15. The summed E-state index contributed by atoms with van der Waals surface area (Å²) >= 11 is 0. The van der Waals surface area contributed by atoms with Crippen molar-refractivity contribution in [1.29, 1.82) is 0 Å². The van der Waals surface area contributed by atoms with Crippen molar-refractivity contribution in [2.45, 2.75) is 0 Å². The van der Waals surface area contributed by atoms with Gasteiger partial charge < -0.3 is 18.0 Å². The number of aromatic nitrogens is 2. The summed E-state index contributed by atoms with van der Waals surface area (Å²) in [5.74, 6) is 0. The van der Waals surface area contributed by atoms with E-state index in [-0.39, 0.29) is 0 Å². The van der Waals surface area contributed by atoms with Gasteiger partial charge in [-0.15, -0.1) is 0 Å². The van der Waals surface area contributed by atoms with Gasteiger partial charge in [-0.25, -0.2) is 0 Å². The van der Waals surface area contributed by atoms with E-state index in [0.29, 0.717) is 0 Å². The highest BCUT2D eigenvalue weighted by Crippen LogP contribution is 2.53. The summed E-state index contributed by atoms with van der Waals surface area (Å²) in [6.07, 6.45) is 0. The maximum atomic E-state index is 6.54. The fraction of sp³-hybridized carbons (Fsp3) is 0. The molecule has 22 rings (SSSR count). The minimum absolute atomic E-state index is 0.912. The van der Waals surface area contributed by atoms with Gasteiger partial charge in [0, 0.05) is 59.9 Å². The van der Waals surface area contributed by atoms with Gasteiger partial charge in [-0.05, 0) is 183 Å². The number of hydrogen-bond donors (Lipinski definition) is 0. The predicted octanol–water partition coefficient (Wildman–Crippen LogP) is 24.6. The molecule has 0 bridgehead atoms. The Hall–Kier alpha value is -12.2. The first-order valence-electron chi connectivity index (χ1n) is 31.7. The van der Waals surface area contributed by atoms with Gasteiger partial charge in [-0.2, -0.15) is 0 Å². The van der Waals surface area contributed by atoms with E-state index >= 15 is 0 Å². The third kappa shape index (κ3) is 6.84. The van der Waals surface area contributed by atoms with Gasteiger partial charge in [0.15, 0.2) is 0 Å². The van der Waals surface area contributed by atoms with Crippen LogP contribution in [0.25, 0.3) is 209 Å². The van der Waals surface area contributed by atoms with Crippen LogP contribution in [0.1, 0.15) is 0 Å². The fourth-order valence-electron chi connectivity index (χ4n) is 16.4. The molecule has 4 heterocycles. The van der Waals surface area contributed by atoms with E-state index in [2.05, 4.69) is 312 Å². The van der Waals surface area contributed by atoms with E-state index in [1.165, 1.54) is 148 Å². The Bertz CT molecular complexity index is 6370. The zero-order chi connectivity index (χ0) is 59.9. The first kappa shape index (κ1) is 49.7. The molecule has 4 aromatic heterocycles. The molecule has 424 valence electrons. The Labute approximate surface area is 526 Å². The number of benzene rings is 16. The Morgan fingerprint density at radius 1 is 0.196 bits per heavy atom. The molecule has 16 aromatic carbocycles.